The molecule has 0 fully saturated rings. The van der Waals surface area contributed by atoms with Gasteiger partial charge in [0.1, 0.15) is 5.75 Å². The van der Waals surface area contributed by atoms with Crippen LogP contribution in [-0.4, -0.2) is 30.7 Å². The first-order chi connectivity index (χ1) is 11.0. The molecule has 5 nitrogen and oxygen atoms in total. The third-order valence-electron chi connectivity index (χ3n) is 3.23. The van der Waals surface area contributed by atoms with Crippen molar-refractivity contribution >= 4 is 10.9 Å². The molecule has 0 aliphatic heterocycles. The first-order valence-corrected chi connectivity index (χ1v) is 7.36. The predicted molar refractivity (Wildman–Crippen MR) is 81.9 cm³/mol. The lowest BCUT2D eigenvalue weighted by Crippen LogP contribution is -2.30. The van der Waals surface area contributed by atoms with Crippen LogP contribution in [0.5, 0.6) is 5.75 Å². The Labute approximate surface area is 132 Å². The summed E-state index contributed by atoms with van der Waals surface area (Å²) < 4.78 is 41.5. The zero-order chi connectivity index (χ0) is 16.8. The van der Waals surface area contributed by atoms with Crippen molar-refractivity contribution in [2.45, 2.75) is 33.3 Å². The highest BCUT2D eigenvalue weighted by Crippen LogP contribution is 2.21. The summed E-state index contributed by atoms with van der Waals surface area (Å²) in [6.07, 6.45) is -0.590. The average Bonchev–Trinajstić information content (AvgIpc) is 2.50. The summed E-state index contributed by atoms with van der Waals surface area (Å²) >= 11 is 0. The molecule has 0 bridgehead atoms. The topological polar surface area (TPSA) is 49.7 Å². The van der Waals surface area contributed by atoms with E-state index in [1.54, 1.807) is 12.1 Å². The summed E-state index contributed by atoms with van der Waals surface area (Å²) in [5.41, 5.74) is 0.219. The minimum Gasteiger partial charge on any atom is -0.435 e. The number of alkyl halides is 2. The smallest absolute Gasteiger partial charge is 0.387 e. The van der Waals surface area contributed by atoms with E-state index in [2.05, 4.69) is 4.74 Å². The Morgan fingerprint density at radius 1 is 1.09 bits per heavy atom. The van der Waals surface area contributed by atoms with Gasteiger partial charge in [-0.15, -0.1) is 0 Å². The molecule has 1 aromatic heterocycles. The number of hydrogen-bond acceptors (Lipinski definition) is 4. The molecule has 0 saturated carbocycles. The van der Waals surface area contributed by atoms with Crippen molar-refractivity contribution in [3.8, 4) is 5.75 Å². The molecule has 1 aromatic carbocycles. The van der Waals surface area contributed by atoms with Gasteiger partial charge in [-0.05, 0) is 37.4 Å². The van der Waals surface area contributed by atoms with Crippen molar-refractivity contribution < 1.29 is 23.0 Å². The molecule has 0 aliphatic carbocycles. The Kier molecular flexibility index (Phi) is 6.06. The molecule has 0 aliphatic rings. The molecule has 7 heteroatoms. The van der Waals surface area contributed by atoms with E-state index >= 15 is 0 Å². The molecule has 0 radical (unpaired) electrons. The van der Waals surface area contributed by atoms with Crippen LogP contribution in [-0.2, 0) is 16.0 Å². The molecule has 0 amide bonds. The van der Waals surface area contributed by atoms with E-state index in [-0.39, 0.29) is 17.9 Å². The second-order valence-corrected chi connectivity index (χ2v) is 4.72. The highest BCUT2D eigenvalue weighted by atomic mass is 19.3. The number of fused-ring (bicyclic) bond motifs is 1. The van der Waals surface area contributed by atoms with Gasteiger partial charge in [-0.25, -0.2) is 0 Å². The van der Waals surface area contributed by atoms with Gasteiger partial charge < -0.3 is 18.8 Å². The summed E-state index contributed by atoms with van der Waals surface area (Å²) in [4.78, 5) is 12.2. The van der Waals surface area contributed by atoms with Gasteiger partial charge in [-0.3, -0.25) is 4.79 Å². The number of halogens is 2. The Bertz CT molecular complexity index is 696. The fraction of sp³-hybridized carbons (Fsp3) is 0.438. The van der Waals surface area contributed by atoms with E-state index in [0.29, 0.717) is 18.7 Å². The molecule has 0 saturated heterocycles. The van der Waals surface area contributed by atoms with Gasteiger partial charge >= 0.3 is 6.61 Å². The van der Waals surface area contributed by atoms with Crippen molar-refractivity contribution in [2.24, 2.45) is 0 Å². The summed E-state index contributed by atoms with van der Waals surface area (Å²) in [7, 11) is 0. The van der Waals surface area contributed by atoms with Gasteiger partial charge in [-0.2, -0.15) is 8.78 Å². The number of aromatic nitrogens is 1. The zero-order valence-corrected chi connectivity index (χ0v) is 13.0. The average molecular weight is 327 g/mol. The summed E-state index contributed by atoms with van der Waals surface area (Å²) in [5.74, 6) is -0.00350. The van der Waals surface area contributed by atoms with Crippen molar-refractivity contribution in [1.29, 1.82) is 0 Å². The molecule has 0 N–H and O–H groups in total. The van der Waals surface area contributed by atoms with E-state index in [9.17, 15) is 13.6 Å². The molecule has 0 spiro atoms. The van der Waals surface area contributed by atoms with E-state index in [4.69, 9.17) is 9.47 Å². The van der Waals surface area contributed by atoms with Crippen molar-refractivity contribution in [1.82, 2.24) is 4.57 Å². The standard InChI is InChI=1S/C16H19F2NO4/c1-3-21-15(22-4-2)10-19-13-9-12(23-16(17)18)7-5-11(13)6-8-14(19)20/h5-9,15-16H,3-4,10H2,1-2H3. The van der Waals surface area contributed by atoms with Crippen molar-refractivity contribution in [3.05, 3.63) is 40.7 Å². The third kappa shape index (κ3) is 4.49. The number of hydrogen-bond donors (Lipinski definition) is 0. The van der Waals surface area contributed by atoms with E-state index in [0.717, 1.165) is 5.39 Å². The largest absolute Gasteiger partial charge is 0.435 e. The Morgan fingerprint density at radius 3 is 2.35 bits per heavy atom. The van der Waals surface area contributed by atoms with Crippen LogP contribution in [0.4, 0.5) is 8.78 Å². The molecule has 23 heavy (non-hydrogen) atoms. The maximum absolute atomic E-state index is 12.4. The number of ether oxygens (including phenoxy) is 3. The Hall–Kier alpha value is -1.99. The van der Waals surface area contributed by atoms with Gasteiger partial charge in [0.2, 0.25) is 0 Å². The fourth-order valence-electron chi connectivity index (χ4n) is 2.31. The highest BCUT2D eigenvalue weighted by Gasteiger charge is 2.13. The van der Waals surface area contributed by atoms with Crippen molar-refractivity contribution in [2.75, 3.05) is 13.2 Å². The SMILES string of the molecule is CCOC(Cn1c(=O)ccc2ccc(OC(F)F)cc21)OCC. The van der Waals surface area contributed by atoms with Crippen LogP contribution in [0.3, 0.4) is 0 Å². The number of pyridine rings is 1. The van der Waals surface area contributed by atoms with Crippen LogP contribution < -0.4 is 10.3 Å². The molecule has 1 heterocycles. The zero-order valence-electron chi connectivity index (χ0n) is 13.0. The highest BCUT2D eigenvalue weighted by molar-refractivity contribution is 5.80. The van der Waals surface area contributed by atoms with Gasteiger partial charge in [0, 0.05) is 25.3 Å². The molecular formula is C16H19F2NO4. The van der Waals surface area contributed by atoms with Crippen molar-refractivity contribution in [3.63, 3.8) is 0 Å². The molecule has 2 aromatic rings. The number of nitrogens with zero attached hydrogens (tertiary/aromatic N) is 1. The van der Waals surface area contributed by atoms with E-state index in [1.807, 2.05) is 13.8 Å². The van der Waals surface area contributed by atoms with Gasteiger partial charge in [-0.1, -0.05) is 0 Å². The first-order valence-electron chi connectivity index (χ1n) is 7.36. The maximum Gasteiger partial charge on any atom is 0.387 e. The molecule has 126 valence electrons. The normalized spacial score (nSPS) is 11.6. The van der Waals surface area contributed by atoms with Gasteiger partial charge in [0.15, 0.2) is 6.29 Å². The van der Waals surface area contributed by atoms with E-state index in [1.165, 1.54) is 22.8 Å². The van der Waals surface area contributed by atoms with Crippen LogP contribution in [0, 0.1) is 0 Å². The molecule has 2 rings (SSSR count). The minimum absolute atomic E-state index is 0.00350. The maximum atomic E-state index is 12.4. The second kappa shape index (κ2) is 8.03. The summed E-state index contributed by atoms with van der Waals surface area (Å²) in [6.45, 7) is 1.76. The Morgan fingerprint density at radius 2 is 1.74 bits per heavy atom. The van der Waals surface area contributed by atoms with Crippen LogP contribution in [0.2, 0.25) is 0 Å². The monoisotopic (exact) mass is 327 g/mol. The van der Waals surface area contributed by atoms with Crippen LogP contribution in [0.1, 0.15) is 13.8 Å². The second-order valence-electron chi connectivity index (χ2n) is 4.72. The lowest BCUT2D eigenvalue weighted by molar-refractivity contribution is -0.143. The summed E-state index contributed by atoms with van der Waals surface area (Å²) in [5, 5.41) is 0.734. The Balaban J connectivity index is 2.43. The molecule has 0 atom stereocenters. The van der Waals surface area contributed by atoms with Crippen LogP contribution in [0.15, 0.2) is 35.1 Å². The lowest BCUT2D eigenvalue weighted by Gasteiger charge is -2.19. The quantitative estimate of drug-likeness (QED) is 0.700. The fourth-order valence-corrected chi connectivity index (χ4v) is 2.31. The summed E-state index contributed by atoms with van der Waals surface area (Å²) in [6, 6.07) is 7.53. The van der Waals surface area contributed by atoms with Crippen LogP contribution >= 0.6 is 0 Å². The van der Waals surface area contributed by atoms with E-state index < -0.39 is 12.9 Å². The number of benzene rings is 1. The number of rotatable bonds is 8. The molecular weight excluding hydrogens is 308 g/mol. The van der Waals surface area contributed by atoms with Gasteiger partial charge in [0.25, 0.3) is 5.56 Å². The molecule has 0 unspecified atom stereocenters. The third-order valence-corrected chi connectivity index (χ3v) is 3.23. The minimum atomic E-state index is -2.92. The van der Waals surface area contributed by atoms with Crippen LogP contribution in [0.25, 0.3) is 10.9 Å². The lowest BCUT2D eigenvalue weighted by atomic mass is 10.2. The first kappa shape index (κ1) is 17.4. The van der Waals surface area contributed by atoms with Gasteiger partial charge in [0.05, 0.1) is 12.1 Å². The predicted octanol–water partition coefficient (Wildman–Crippen LogP) is 3.00.